The molecule has 4 rings (SSSR count). The number of aromatic amines is 1. The highest BCUT2D eigenvalue weighted by molar-refractivity contribution is 5.84. The Morgan fingerprint density at radius 2 is 2.06 bits per heavy atom. The third-order valence-corrected chi connectivity index (χ3v) is 6.88. The Morgan fingerprint density at radius 1 is 1.34 bits per heavy atom. The van der Waals surface area contributed by atoms with Crippen LogP contribution < -0.4 is 10.9 Å². The van der Waals surface area contributed by atoms with Crippen LogP contribution in [0.1, 0.15) is 41.6 Å². The van der Waals surface area contributed by atoms with Gasteiger partial charge in [-0.15, -0.1) is 0 Å². The van der Waals surface area contributed by atoms with Crippen LogP contribution in [0.15, 0.2) is 29.1 Å². The first-order valence-corrected chi connectivity index (χ1v) is 10.9. The number of H-pyrrole nitrogens is 1. The lowest BCUT2D eigenvalue weighted by Crippen LogP contribution is -2.44. The van der Waals surface area contributed by atoms with Gasteiger partial charge in [-0.05, 0) is 61.9 Å². The Kier molecular flexibility index (Phi) is 5.90. The molecular weight excluding hydrogens is 411 g/mol. The highest BCUT2D eigenvalue weighted by Crippen LogP contribution is 2.41. The number of nitrogens with zero attached hydrogens (tertiary/aromatic N) is 2. The smallest absolute Gasteiger partial charge is 0.273 e. The van der Waals surface area contributed by atoms with E-state index in [0.717, 1.165) is 29.5 Å². The fourth-order valence-corrected chi connectivity index (χ4v) is 5.01. The van der Waals surface area contributed by atoms with Crippen LogP contribution in [0.3, 0.4) is 0 Å². The Hall–Kier alpha value is -3.00. The number of fused-ring (bicyclic) bond motifs is 1. The molecule has 1 aliphatic rings. The lowest BCUT2D eigenvalue weighted by atomic mass is 9.78. The Bertz CT molecular complexity index is 1210. The van der Waals surface area contributed by atoms with Gasteiger partial charge in [0.15, 0.2) is 5.65 Å². The van der Waals surface area contributed by atoms with E-state index in [-0.39, 0.29) is 23.7 Å². The summed E-state index contributed by atoms with van der Waals surface area (Å²) >= 11 is 0. The van der Waals surface area contributed by atoms with E-state index in [1.165, 1.54) is 12.1 Å². The summed E-state index contributed by atoms with van der Waals surface area (Å²) in [5.74, 6) is -0.473. The molecule has 7 nitrogen and oxygen atoms in total. The summed E-state index contributed by atoms with van der Waals surface area (Å²) in [4.78, 5) is 29.7. The van der Waals surface area contributed by atoms with E-state index in [0.29, 0.717) is 36.1 Å². The van der Waals surface area contributed by atoms with Crippen LogP contribution in [0.2, 0.25) is 0 Å². The molecule has 1 amide bonds. The zero-order valence-corrected chi connectivity index (χ0v) is 18.7. The molecule has 170 valence electrons. The van der Waals surface area contributed by atoms with E-state index in [4.69, 9.17) is 0 Å². The van der Waals surface area contributed by atoms with Crippen LogP contribution in [0.5, 0.6) is 0 Å². The monoisotopic (exact) mass is 440 g/mol. The zero-order valence-electron chi connectivity index (χ0n) is 18.7. The lowest BCUT2D eigenvalue weighted by molar-refractivity contribution is -0.121. The average Bonchev–Trinajstić information content (AvgIpc) is 3.24. The summed E-state index contributed by atoms with van der Waals surface area (Å²) in [7, 11) is 1.73. The molecule has 3 aromatic rings. The molecule has 2 atom stereocenters. The van der Waals surface area contributed by atoms with Crippen molar-refractivity contribution >= 4 is 16.9 Å². The molecule has 0 spiro atoms. The number of hydrogen-bond donors (Lipinski definition) is 3. The van der Waals surface area contributed by atoms with Gasteiger partial charge in [-0.3, -0.25) is 19.4 Å². The van der Waals surface area contributed by atoms with Gasteiger partial charge in [-0.2, -0.15) is 0 Å². The van der Waals surface area contributed by atoms with Gasteiger partial charge in [0.1, 0.15) is 5.82 Å². The number of benzene rings is 1. The maximum atomic E-state index is 13.3. The number of amides is 1. The molecule has 0 saturated heterocycles. The third-order valence-electron chi connectivity index (χ3n) is 6.88. The number of halogens is 1. The van der Waals surface area contributed by atoms with Crippen LogP contribution in [0, 0.1) is 25.1 Å². The Morgan fingerprint density at radius 3 is 2.72 bits per heavy atom. The molecule has 8 heteroatoms. The predicted octanol–water partition coefficient (Wildman–Crippen LogP) is 2.45. The number of aryl methyl sites for hydroxylation is 3. The number of hydrogen-bond acceptors (Lipinski definition) is 4. The van der Waals surface area contributed by atoms with Crippen molar-refractivity contribution in [3.63, 3.8) is 0 Å². The van der Waals surface area contributed by atoms with Crippen molar-refractivity contribution in [2.45, 2.75) is 52.1 Å². The van der Waals surface area contributed by atoms with E-state index in [2.05, 4.69) is 15.4 Å². The topological polar surface area (TPSA) is 100 Å². The van der Waals surface area contributed by atoms with Crippen molar-refractivity contribution in [3.8, 4) is 0 Å². The van der Waals surface area contributed by atoms with Gasteiger partial charge in [-0.1, -0.05) is 18.6 Å². The van der Waals surface area contributed by atoms with Gasteiger partial charge in [0, 0.05) is 24.7 Å². The molecular formula is C24H29FN4O3. The second-order valence-electron chi connectivity index (χ2n) is 9.03. The van der Waals surface area contributed by atoms with E-state index in [1.807, 2.05) is 13.8 Å². The summed E-state index contributed by atoms with van der Waals surface area (Å²) in [6.45, 7) is 4.01. The normalized spacial score (nSPS) is 20.7. The van der Waals surface area contributed by atoms with Crippen molar-refractivity contribution in [1.82, 2.24) is 20.1 Å². The zero-order chi connectivity index (χ0) is 23.0. The van der Waals surface area contributed by atoms with E-state index in [1.54, 1.807) is 23.9 Å². The molecule has 0 aliphatic heterocycles. The standard InChI is InChI=1S/C24H29FN4O3/c1-14-18(15(2)27-22-21(14)23(32)28-29(22)3)11-20(31)26-13-24(10-4-5-19(24)30)12-16-6-8-17(25)9-7-16/h6-9,19,30H,4-5,10-13H2,1-3H3,(H,26,31)(H,28,32)/t19-,24+/m1/s1. The summed E-state index contributed by atoms with van der Waals surface area (Å²) in [6, 6.07) is 6.30. The van der Waals surface area contributed by atoms with Crippen molar-refractivity contribution in [2.75, 3.05) is 6.54 Å². The molecule has 0 bridgehead atoms. The molecule has 2 aromatic heterocycles. The number of rotatable bonds is 6. The largest absolute Gasteiger partial charge is 0.392 e. The molecule has 1 aliphatic carbocycles. The SMILES string of the molecule is Cc1nc2c(c(C)c1CC(=O)NC[C@@]1(Cc3ccc(F)cc3)CCC[C@H]1O)c(=O)[nH]n2C. The summed E-state index contributed by atoms with van der Waals surface area (Å²) < 4.78 is 14.9. The van der Waals surface area contributed by atoms with Crippen LogP contribution in [-0.4, -0.2) is 38.4 Å². The average molecular weight is 441 g/mol. The van der Waals surface area contributed by atoms with Crippen molar-refractivity contribution in [3.05, 3.63) is 62.8 Å². The lowest BCUT2D eigenvalue weighted by Gasteiger charge is -2.33. The molecule has 1 fully saturated rings. The van der Waals surface area contributed by atoms with Crippen molar-refractivity contribution < 1.29 is 14.3 Å². The summed E-state index contributed by atoms with van der Waals surface area (Å²) in [5, 5.41) is 16.9. The highest BCUT2D eigenvalue weighted by Gasteiger charge is 2.42. The minimum absolute atomic E-state index is 0.109. The number of aromatic nitrogens is 3. The quantitative estimate of drug-likeness (QED) is 0.548. The summed E-state index contributed by atoms with van der Waals surface area (Å²) in [6.07, 6.45) is 2.51. The number of carbonyl (C=O) groups is 1. The third kappa shape index (κ3) is 4.07. The Balaban J connectivity index is 1.51. The number of pyridine rings is 1. The maximum Gasteiger partial charge on any atom is 0.273 e. The van der Waals surface area contributed by atoms with Gasteiger partial charge in [-0.25, -0.2) is 9.37 Å². The van der Waals surface area contributed by atoms with Crippen molar-refractivity contribution in [2.24, 2.45) is 12.5 Å². The molecule has 0 unspecified atom stereocenters. The fourth-order valence-electron chi connectivity index (χ4n) is 5.01. The van der Waals surface area contributed by atoms with Gasteiger partial charge in [0.2, 0.25) is 5.91 Å². The number of aliphatic hydroxyl groups excluding tert-OH is 1. The van der Waals surface area contributed by atoms with Gasteiger partial charge < -0.3 is 10.4 Å². The first-order valence-electron chi connectivity index (χ1n) is 10.9. The van der Waals surface area contributed by atoms with Crippen LogP contribution in [0.4, 0.5) is 4.39 Å². The second kappa shape index (κ2) is 8.50. The second-order valence-corrected chi connectivity index (χ2v) is 9.03. The predicted molar refractivity (Wildman–Crippen MR) is 120 cm³/mol. The number of aliphatic hydroxyl groups is 1. The fraction of sp³-hybridized carbons (Fsp3) is 0.458. The maximum absolute atomic E-state index is 13.3. The molecule has 3 N–H and O–H groups in total. The van der Waals surface area contributed by atoms with E-state index >= 15 is 0 Å². The Labute approximate surface area is 185 Å². The first-order chi connectivity index (χ1) is 15.2. The number of carbonyl (C=O) groups excluding carboxylic acids is 1. The van der Waals surface area contributed by atoms with Gasteiger partial charge >= 0.3 is 0 Å². The van der Waals surface area contributed by atoms with Gasteiger partial charge in [0.25, 0.3) is 5.56 Å². The van der Waals surface area contributed by atoms with Crippen molar-refractivity contribution in [1.29, 1.82) is 0 Å². The first kappa shape index (κ1) is 22.2. The van der Waals surface area contributed by atoms with Gasteiger partial charge in [0.05, 0.1) is 17.9 Å². The molecule has 1 aromatic carbocycles. The minimum Gasteiger partial charge on any atom is -0.392 e. The number of nitrogens with one attached hydrogen (secondary N) is 2. The molecule has 0 radical (unpaired) electrons. The highest BCUT2D eigenvalue weighted by atomic mass is 19.1. The van der Waals surface area contributed by atoms with Crippen LogP contribution in [0.25, 0.3) is 11.0 Å². The molecule has 1 saturated carbocycles. The van der Waals surface area contributed by atoms with Crippen LogP contribution in [-0.2, 0) is 24.7 Å². The summed E-state index contributed by atoms with van der Waals surface area (Å²) in [5.41, 5.74) is 3.02. The van der Waals surface area contributed by atoms with Crippen LogP contribution >= 0.6 is 0 Å². The molecule has 32 heavy (non-hydrogen) atoms. The van der Waals surface area contributed by atoms with E-state index in [9.17, 15) is 19.1 Å². The minimum atomic E-state index is -0.530. The van der Waals surface area contributed by atoms with E-state index < -0.39 is 11.5 Å². The molecule has 2 heterocycles.